The molecule has 28 heavy (non-hydrogen) atoms. The standard InChI is InChI=1S/C22H16O6/c1-25-22(24)15-5-2-4-14(10-15)13-27-17-7-8-18-19(11-17)28-20(21(18)23)12-16-6-3-9-26-16/h2-12H,13H2,1H3/b20-12-. The second kappa shape index (κ2) is 7.44. The molecule has 0 bridgehead atoms. The van der Waals surface area contributed by atoms with Crippen LogP contribution in [-0.4, -0.2) is 18.9 Å². The number of carbonyl (C=O) groups excluding carboxylic acids is 2. The number of benzene rings is 2. The molecule has 0 aliphatic carbocycles. The Morgan fingerprint density at radius 1 is 1.11 bits per heavy atom. The third kappa shape index (κ3) is 3.53. The average molecular weight is 376 g/mol. The normalized spacial score (nSPS) is 13.9. The minimum absolute atomic E-state index is 0.202. The van der Waals surface area contributed by atoms with Crippen LogP contribution in [-0.2, 0) is 11.3 Å². The van der Waals surface area contributed by atoms with E-state index < -0.39 is 5.97 Å². The number of Topliss-reactive ketones (excluding diaryl/α,β-unsaturated/α-hetero) is 1. The van der Waals surface area contributed by atoms with Crippen molar-refractivity contribution in [1.29, 1.82) is 0 Å². The van der Waals surface area contributed by atoms with Crippen LogP contribution in [0.1, 0.15) is 32.0 Å². The fraction of sp³-hybridized carbons (Fsp3) is 0.0909. The van der Waals surface area contributed by atoms with Crippen molar-refractivity contribution >= 4 is 17.8 Å². The molecular weight excluding hydrogens is 360 g/mol. The molecule has 1 aliphatic rings. The molecule has 4 rings (SSSR count). The van der Waals surface area contributed by atoms with Crippen LogP contribution < -0.4 is 9.47 Å². The Bertz CT molecular complexity index is 1060. The molecule has 0 saturated heterocycles. The van der Waals surface area contributed by atoms with Crippen molar-refractivity contribution in [3.63, 3.8) is 0 Å². The van der Waals surface area contributed by atoms with Crippen LogP contribution in [0.2, 0.25) is 0 Å². The number of esters is 1. The third-order valence-electron chi connectivity index (χ3n) is 4.21. The molecule has 3 aromatic rings. The topological polar surface area (TPSA) is 75.0 Å². The zero-order valence-electron chi connectivity index (χ0n) is 15.0. The van der Waals surface area contributed by atoms with Crippen LogP contribution in [0.15, 0.2) is 71.0 Å². The lowest BCUT2D eigenvalue weighted by molar-refractivity contribution is 0.0600. The molecule has 6 heteroatoms. The smallest absolute Gasteiger partial charge is 0.337 e. The van der Waals surface area contributed by atoms with E-state index in [1.165, 1.54) is 13.4 Å². The van der Waals surface area contributed by atoms with E-state index in [1.54, 1.807) is 54.6 Å². The molecule has 1 aromatic heterocycles. The number of ether oxygens (including phenoxy) is 3. The molecule has 1 aliphatic heterocycles. The molecule has 6 nitrogen and oxygen atoms in total. The van der Waals surface area contributed by atoms with Gasteiger partial charge in [-0.15, -0.1) is 0 Å². The fourth-order valence-corrected chi connectivity index (χ4v) is 2.83. The van der Waals surface area contributed by atoms with Gasteiger partial charge in [0.15, 0.2) is 5.76 Å². The van der Waals surface area contributed by atoms with Crippen molar-refractivity contribution in [3.05, 3.63) is 89.1 Å². The number of methoxy groups -OCH3 is 1. The first-order valence-corrected chi connectivity index (χ1v) is 8.56. The summed E-state index contributed by atoms with van der Waals surface area (Å²) in [5, 5.41) is 0. The predicted octanol–water partition coefficient (Wildman–Crippen LogP) is 4.26. The summed E-state index contributed by atoms with van der Waals surface area (Å²) in [5.74, 6) is 1.12. The van der Waals surface area contributed by atoms with Crippen LogP contribution >= 0.6 is 0 Å². The molecule has 2 heterocycles. The van der Waals surface area contributed by atoms with Gasteiger partial charge in [0.1, 0.15) is 23.9 Å². The maximum Gasteiger partial charge on any atom is 0.337 e. The number of fused-ring (bicyclic) bond motifs is 1. The van der Waals surface area contributed by atoms with Crippen LogP contribution in [0, 0.1) is 0 Å². The van der Waals surface area contributed by atoms with Gasteiger partial charge in [-0.3, -0.25) is 4.79 Å². The monoisotopic (exact) mass is 376 g/mol. The van der Waals surface area contributed by atoms with Gasteiger partial charge in [-0.2, -0.15) is 0 Å². The SMILES string of the molecule is COC(=O)c1cccc(COc2ccc3c(c2)O/C(=C\c2ccco2)C3=O)c1. The highest BCUT2D eigenvalue weighted by molar-refractivity contribution is 6.14. The number of rotatable bonds is 5. The molecular formula is C22H16O6. The zero-order valence-corrected chi connectivity index (χ0v) is 15.0. The van der Waals surface area contributed by atoms with Gasteiger partial charge in [0.25, 0.3) is 0 Å². The van der Waals surface area contributed by atoms with E-state index in [-0.39, 0.29) is 18.1 Å². The average Bonchev–Trinajstić information content (AvgIpc) is 3.34. The summed E-state index contributed by atoms with van der Waals surface area (Å²) in [7, 11) is 1.34. The third-order valence-corrected chi connectivity index (χ3v) is 4.21. The van der Waals surface area contributed by atoms with Crippen molar-refractivity contribution < 1.29 is 28.2 Å². The summed E-state index contributed by atoms with van der Waals surface area (Å²) in [6, 6.07) is 15.5. The molecule has 0 amide bonds. The Balaban J connectivity index is 1.48. The maximum atomic E-state index is 12.4. The Hall–Kier alpha value is -3.80. The summed E-state index contributed by atoms with van der Waals surface area (Å²) < 4.78 is 21.4. The van der Waals surface area contributed by atoms with Crippen LogP contribution in [0.3, 0.4) is 0 Å². The van der Waals surface area contributed by atoms with Gasteiger partial charge in [0.2, 0.25) is 5.78 Å². The summed E-state index contributed by atoms with van der Waals surface area (Å²) in [6.45, 7) is 0.257. The summed E-state index contributed by atoms with van der Waals surface area (Å²) in [6.07, 6.45) is 3.08. The Morgan fingerprint density at radius 3 is 2.79 bits per heavy atom. The largest absolute Gasteiger partial charge is 0.489 e. The molecule has 0 radical (unpaired) electrons. The van der Waals surface area contributed by atoms with E-state index in [2.05, 4.69) is 0 Å². The Morgan fingerprint density at radius 2 is 2.00 bits per heavy atom. The number of carbonyl (C=O) groups is 2. The highest BCUT2D eigenvalue weighted by atomic mass is 16.5. The van der Waals surface area contributed by atoms with Gasteiger partial charge in [0, 0.05) is 12.1 Å². The maximum absolute atomic E-state index is 12.4. The second-order valence-corrected chi connectivity index (χ2v) is 6.09. The van der Waals surface area contributed by atoms with E-state index in [0.717, 1.165) is 5.56 Å². The lowest BCUT2D eigenvalue weighted by atomic mass is 10.1. The molecule has 0 N–H and O–H groups in total. The van der Waals surface area contributed by atoms with Crippen LogP contribution in [0.4, 0.5) is 0 Å². The van der Waals surface area contributed by atoms with Gasteiger partial charge in [0.05, 0.1) is 24.5 Å². The summed E-state index contributed by atoms with van der Waals surface area (Å²) in [5.41, 5.74) is 1.75. The molecule has 0 spiro atoms. The number of hydrogen-bond donors (Lipinski definition) is 0. The Labute approximate surface area is 160 Å². The zero-order chi connectivity index (χ0) is 19.5. The molecule has 2 aromatic carbocycles. The van der Waals surface area contributed by atoms with E-state index in [4.69, 9.17) is 18.6 Å². The summed E-state index contributed by atoms with van der Waals surface area (Å²) >= 11 is 0. The van der Waals surface area contributed by atoms with Gasteiger partial charge in [-0.25, -0.2) is 4.79 Å². The van der Waals surface area contributed by atoms with Gasteiger partial charge < -0.3 is 18.6 Å². The Kier molecular flexibility index (Phi) is 4.68. The lowest BCUT2D eigenvalue weighted by Crippen LogP contribution is -2.03. The fourth-order valence-electron chi connectivity index (χ4n) is 2.83. The number of furan rings is 1. The van der Waals surface area contributed by atoms with Crippen molar-refractivity contribution in [3.8, 4) is 11.5 Å². The van der Waals surface area contributed by atoms with E-state index in [0.29, 0.717) is 28.4 Å². The first-order valence-electron chi connectivity index (χ1n) is 8.56. The van der Waals surface area contributed by atoms with Crippen LogP contribution in [0.5, 0.6) is 11.5 Å². The molecule has 140 valence electrons. The minimum atomic E-state index is -0.401. The molecule has 0 fully saturated rings. The first kappa shape index (κ1) is 17.6. The number of ketones is 1. The molecule has 0 saturated carbocycles. The van der Waals surface area contributed by atoms with Crippen molar-refractivity contribution in [2.75, 3.05) is 7.11 Å². The quantitative estimate of drug-likeness (QED) is 0.489. The minimum Gasteiger partial charge on any atom is -0.489 e. The van der Waals surface area contributed by atoms with Gasteiger partial charge in [-0.05, 0) is 42.0 Å². The number of allylic oxidation sites excluding steroid dienone is 1. The molecule has 0 atom stereocenters. The predicted molar refractivity (Wildman–Crippen MR) is 100 cm³/mol. The first-order chi connectivity index (χ1) is 13.6. The summed E-state index contributed by atoms with van der Waals surface area (Å²) in [4.78, 5) is 24.0. The van der Waals surface area contributed by atoms with E-state index in [1.807, 2.05) is 6.07 Å². The second-order valence-electron chi connectivity index (χ2n) is 6.09. The van der Waals surface area contributed by atoms with Crippen molar-refractivity contribution in [2.45, 2.75) is 6.61 Å². The highest BCUT2D eigenvalue weighted by Gasteiger charge is 2.28. The van der Waals surface area contributed by atoms with Crippen molar-refractivity contribution in [2.24, 2.45) is 0 Å². The van der Waals surface area contributed by atoms with Gasteiger partial charge >= 0.3 is 5.97 Å². The van der Waals surface area contributed by atoms with Crippen molar-refractivity contribution in [1.82, 2.24) is 0 Å². The highest BCUT2D eigenvalue weighted by Crippen LogP contribution is 2.35. The molecule has 0 unspecified atom stereocenters. The van der Waals surface area contributed by atoms with E-state index in [9.17, 15) is 9.59 Å². The lowest BCUT2D eigenvalue weighted by Gasteiger charge is -2.08. The number of hydrogen-bond acceptors (Lipinski definition) is 6. The van der Waals surface area contributed by atoms with Crippen LogP contribution in [0.25, 0.3) is 6.08 Å². The van der Waals surface area contributed by atoms with Gasteiger partial charge in [-0.1, -0.05) is 12.1 Å². The van der Waals surface area contributed by atoms with E-state index >= 15 is 0 Å².